The summed E-state index contributed by atoms with van der Waals surface area (Å²) in [5, 5.41) is 0. The van der Waals surface area contributed by atoms with E-state index < -0.39 is 0 Å². The van der Waals surface area contributed by atoms with Gasteiger partial charge in [0.2, 0.25) is 0 Å². The second-order valence-electron chi connectivity index (χ2n) is 25.0. The number of rotatable bonds is 5. The minimum absolute atomic E-state index is 0.00389. The number of benzene rings is 7. The molecular weight excluding hydrogens is 832 g/mol. The maximum atomic E-state index is 2.91. The topological polar surface area (TPSA) is 6.48 Å². The van der Waals surface area contributed by atoms with Gasteiger partial charge in [-0.1, -0.05) is 165 Å². The lowest BCUT2D eigenvalue weighted by atomic mass is 9.32. The van der Waals surface area contributed by atoms with Gasteiger partial charge in [-0.2, -0.15) is 0 Å². The molecule has 3 heteroatoms. The van der Waals surface area contributed by atoms with E-state index in [0.717, 1.165) is 12.3 Å². The molecule has 3 fully saturated rings. The molecule has 0 N–H and O–H groups in total. The number of hydrogen-bond donors (Lipinski definition) is 0. The molecular formula is C66H69BN2. The zero-order valence-electron chi connectivity index (χ0n) is 42.5. The quantitative estimate of drug-likeness (QED) is 0.159. The summed E-state index contributed by atoms with van der Waals surface area (Å²) in [7, 11) is 0. The summed E-state index contributed by atoms with van der Waals surface area (Å²) in [5.74, 6) is 0.888. The lowest BCUT2D eigenvalue weighted by Crippen LogP contribution is -2.62. The van der Waals surface area contributed by atoms with Crippen LogP contribution in [0.2, 0.25) is 0 Å². The van der Waals surface area contributed by atoms with Gasteiger partial charge in [-0.3, -0.25) is 0 Å². The molecule has 7 aromatic carbocycles. The molecule has 0 aromatic heterocycles. The van der Waals surface area contributed by atoms with Crippen molar-refractivity contribution in [3.05, 3.63) is 173 Å². The van der Waals surface area contributed by atoms with Gasteiger partial charge >= 0.3 is 0 Å². The fraction of sp³-hybridized carbons (Fsp3) is 0.364. The van der Waals surface area contributed by atoms with Gasteiger partial charge < -0.3 is 9.80 Å². The summed E-state index contributed by atoms with van der Waals surface area (Å²) < 4.78 is 0. The molecule has 2 aliphatic heterocycles. The molecule has 5 aliphatic carbocycles. The molecule has 2 bridgehead atoms. The van der Waals surface area contributed by atoms with Crippen LogP contribution in [0.3, 0.4) is 0 Å². The second-order valence-corrected chi connectivity index (χ2v) is 25.0. The van der Waals surface area contributed by atoms with E-state index >= 15 is 0 Å². The summed E-state index contributed by atoms with van der Waals surface area (Å²) in [6.45, 7) is 20.3. The van der Waals surface area contributed by atoms with E-state index in [9.17, 15) is 0 Å². The lowest BCUT2D eigenvalue weighted by molar-refractivity contribution is 0.136. The summed E-state index contributed by atoms with van der Waals surface area (Å²) in [4.78, 5) is 5.59. The Bertz CT molecular complexity index is 3170. The average Bonchev–Trinajstić information content (AvgIpc) is 3.37. The average molecular weight is 901 g/mol. The molecule has 3 saturated carbocycles. The number of nitrogens with zero attached hydrogens (tertiary/aromatic N) is 2. The zero-order chi connectivity index (χ0) is 47.2. The van der Waals surface area contributed by atoms with Gasteiger partial charge in [0.25, 0.3) is 6.71 Å². The van der Waals surface area contributed by atoms with Gasteiger partial charge in [-0.25, -0.2) is 0 Å². The second kappa shape index (κ2) is 15.1. The van der Waals surface area contributed by atoms with Gasteiger partial charge in [0.1, 0.15) is 0 Å². The summed E-state index contributed by atoms with van der Waals surface area (Å²) in [6, 6.07) is 57.0. The molecule has 0 unspecified atom stereocenters. The molecule has 2 heterocycles. The first-order valence-corrected chi connectivity index (χ1v) is 26.6. The molecule has 0 amide bonds. The Morgan fingerprint density at radius 3 is 1.58 bits per heavy atom. The van der Waals surface area contributed by atoms with Gasteiger partial charge in [0, 0.05) is 28.4 Å². The molecule has 7 aromatic rings. The summed E-state index contributed by atoms with van der Waals surface area (Å²) in [6.07, 6.45) is 12.6. The van der Waals surface area contributed by atoms with Gasteiger partial charge in [-0.15, -0.1) is 0 Å². The monoisotopic (exact) mass is 901 g/mol. The van der Waals surface area contributed by atoms with Gasteiger partial charge in [0.15, 0.2) is 0 Å². The summed E-state index contributed by atoms with van der Waals surface area (Å²) in [5.41, 5.74) is 25.5. The minimum atomic E-state index is -0.0214. The van der Waals surface area contributed by atoms with Crippen LogP contribution in [0.1, 0.15) is 147 Å². The Hall–Kier alpha value is -5.80. The highest BCUT2D eigenvalue weighted by Crippen LogP contribution is 2.59. The molecule has 0 radical (unpaired) electrons. The van der Waals surface area contributed by atoms with Crippen LogP contribution in [0, 0.1) is 5.92 Å². The Morgan fingerprint density at radius 2 is 0.942 bits per heavy atom. The molecule has 346 valence electrons. The minimum Gasteiger partial charge on any atom is -0.311 e. The number of anilines is 6. The Balaban J connectivity index is 1.18. The Kier molecular flexibility index (Phi) is 9.47. The highest BCUT2D eigenvalue weighted by Gasteiger charge is 2.51. The van der Waals surface area contributed by atoms with Crippen molar-refractivity contribution in [2.24, 2.45) is 5.92 Å². The van der Waals surface area contributed by atoms with Gasteiger partial charge in [-0.05, 0) is 200 Å². The lowest BCUT2D eigenvalue weighted by Gasteiger charge is -2.52. The van der Waals surface area contributed by atoms with Crippen LogP contribution in [0.5, 0.6) is 0 Å². The first kappa shape index (κ1) is 43.2. The van der Waals surface area contributed by atoms with Crippen molar-refractivity contribution < 1.29 is 0 Å². The van der Waals surface area contributed by atoms with Crippen molar-refractivity contribution in [3.8, 4) is 22.3 Å². The van der Waals surface area contributed by atoms with Crippen molar-refractivity contribution in [1.29, 1.82) is 0 Å². The van der Waals surface area contributed by atoms with Crippen LogP contribution < -0.4 is 26.2 Å². The van der Waals surface area contributed by atoms with E-state index in [1.165, 1.54) is 142 Å². The zero-order valence-corrected chi connectivity index (χ0v) is 42.5. The molecule has 0 spiro atoms. The van der Waals surface area contributed by atoms with Crippen molar-refractivity contribution in [2.75, 3.05) is 9.80 Å². The van der Waals surface area contributed by atoms with Crippen LogP contribution in [0.4, 0.5) is 34.1 Å². The number of hydrogen-bond acceptors (Lipinski definition) is 2. The fourth-order valence-electron chi connectivity index (χ4n) is 14.9. The third kappa shape index (κ3) is 6.50. The van der Waals surface area contributed by atoms with E-state index in [-0.39, 0.29) is 33.8 Å². The van der Waals surface area contributed by atoms with E-state index in [1.54, 1.807) is 16.7 Å². The van der Waals surface area contributed by atoms with E-state index in [2.05, 4.69) is 211 Å². The number of fused-ring (bicyclic) bond motifs is 10. The SMILES string of the molecule is CC1(C)CCC(C)(C)c2c(N3c4cc(C56CCC(CC5)CC6)cc5c4B(c4cc(-c6ccccc6)ccc4N5c4ccc(-c5ccccc5)cc4)c4ccc5c(c43)C(C)(C)CCC5(C)C)cccc21. The molecule has 69 heavy (non-hydrogen) atoms. The van der Waals surface area contributed by atoms with Crippen LogP contribution in [0.25, 0.3) is 22.3 Å². The van der Waals surface area contributed by atoms with Crippen molar-refractivity contribution in [3.63, 3.8) is 0 Å². The van der Waals surface area contributed by atoms with E-state index in [4.69, 9.17) is 0 Å². The third-order valence-corrected chi connectivity index (χ3v) is 19.1. The van der Waals surface area contributed by atoms with Crippen molar-refractivity contribution >= 4 is 57.2 Å². The Labute approximate surface area is 413 Å². The molecule has 2 nitrogen and oxygen atoms in total. The first-order chi connectivity index (χ1) is 33.1. The molecule has 14 rings (SSSR count). The first-order valence-electron chi connectivity index (χ1n) is 26.6. The van der Waals surface area contributed by atoms with Crippen LogP contribution >= 0.6 is 0 Å². The van der Waals surface area contributed by atoms with Crippen molar-refractivity contribution in [2.45, 2.75) is 147 Å². The standard InChI is InChI=1S/C66H69BN2/c1-62(2)36-38-64(5,6)58-50(62)20-15-21-55(58)69-57-42-48(66-33-30-43(31-34-66)32-35-66)41-56-60(57)67(52-28-27-51-59(61(52)69)65(7,8)39-37-63(51,3)4)53-40-47(45-18-13-10-14-19-45)24-29-54(53)68(56)49-25-22-46(23-26-49)44-16-11-9-12-17-44/h9-29,40-43H,30-39H2,1-8H3. The predicted octanol–water partition coefficient (Wildman–Crippen LogP) is 16.0. The third-order valence-electron chi connectivity index (χ3n) is 19.1. The molecule has 7 aliphatic rings. The fourth-order valence-corrected chi connectivity index (χ4v) is 14.9. The molecule has 0 saturated heterocycles. The van der Waals surface area contributed by atoms with Crippen LogP contribution in [-0.4, -0.2) is 6.71 Å². The Morgan fingerprint density at radius 1 is 0.406 bits per heavy atom. The van der Waals surface area contributed by atoms with Crippen molar-refractivity contribution in [1.82, 2.24) is 0 Å². The summed E-state index contributed by atoms with van der Waals surface area (Å²) >= 11 is 0. The normalized spacial score (nSPS) is 22.8. The van der Waals surface area contributed by atoms with Crippen LogP contribution in [0.15, 0.2) is 146 Å². The van der Waals surface area contributed by atoms with E-state index in [0.29, 0.717) is 0 Å². The largest absolute Gasteiger partial charge is 0.311 e. The maximum Gasteiger partial charge on any atom is 0.252 e. The maximum absolute atomic E-state index is 2.91. The van der Waals surface area contributed by atoms with Crippen LogP contribution in [-0.2, 0) is 27.1 Å². The highest BCUT2D eigenvalue weighted by atomic mass is 15.2. The highest BCUT2D eigenvalue weighted by molar-refractivity contribution is 7.00. The van der Waals surface area contributed by atoms with E-state index in [1.807, 2.05) is 0 Å². The smallest absolute Gasteiger partial charge is 0.252 e. The van der Waals surface area contributed by atoms with Gasteiger partial charge in [0.05, 0.1) is 5.69 Å². The molecule has 0 atom stereocenters. The predicted molar refractivity (Wildman–Crippen MR) is 295 cm³/mol.